The van der Waals surface area contributed by atoms with Gasteiger partial charge in [-0.05, 0) is 85.3 Å². The molecule has 1 aliphatic heterocycles. The summed E-state index contributed by atoms with van der Waals surface area (Å²) in [6.45, 7) is 4.42. The Morgan fingerprint density at radius 2 is 0.853 bits per heavy atom. The first-order valence-electron chi connectivity index (χ1n) is 23.5. The zero-order valence-electron chi connectivity index (χ0n) is 39.0. The summed E-state index contributed by atoms with van der Waals surface area (Å²) in [7, 11) is 3.05. The SMILES string of the molecule is COc1cccc(C=N[C@@H]2CCCC[C@H]2N=Cc2cc(-c3cccc4c3Oc3c(-c5ccc(O)c(C=N[C@@H]6CCCC[C@H]6N=Cc6cccc(OC)c6O)c5)cccc3C4(C)C)ccc2O)c1O. The average Bonchev–Trinajstić information content (AvgIpc) is 3.35. The maximum absolute atomic E-state index is 11.1. The Morgan fingerprint density at radius 1 is 0.485 bits per heavy atom. The molecule has 11 heteroatoms. The second-order valence-corrected chi connectivity index (χ2v) is 18.4. The summed E-state index contributed by atoms with van der Waals surface area (Å²) >= 11 is 0. The van der Waals surface area contributed by atoms with Crippen molar-refractivity contribution >= 4 is 24.9 Å². The standard InChI is InChI=1S/C57H58N4O7/c1-57(2)43-17-11-15-41(35-25-27-49(62)39(29-35)33-60-47-21-7-5-19-45(47)58-31-37-13-9-23-51(66-3)53(37)64)55(43)68-56-42(16-12-18-44(56)57)36-26-28-50(63)40(30-36)34-61-48-22-8-6-20-46(48)59-32-38-14-10-24-52(67-4)54(38)65/h9-18,23-34,45-48,62-65H,5-8,19-22H2,1-4H3/t45-,46-,47-,48-/m1/s1. The first kappa shape index (κ1) is 45.7. The van der Waals surface area contributed by atoms with Gasteiger partial charge in [-0.15, -0.1) is 0 Å². The molecule has 0 unspecified atom stereocenters. The molecule has 6 aromatic carbocycles. The minimum absolute atomic E-state index is 0.0585. The van der Waals surface area contributed by atoms with Crippen molar-refractivity contribution in [1.29, 1.82) is 0 Å². The Morgan fingerprint density at radius 3 is 1.24 bits per heavy atom. The predicted molar refractivity (Wildman–Crippen MR) is 271 cm³/mol. The molecule has 4 N–H and O–H groups in total. The number of para-hydroxylation sites is 4. The summed E-state index contributed by atoms with van der Waals surface area (Å²) in [6.07, 6.45) is 14.6. The van der Waals surface area contributed by atoms with E-state index in [9.17, 15) is 20.4 Å². The number of phenols is 4. The van der Waals surface area contributed by atoms with Crippen molar-refractivity contribution in [3.05, 3.63) is 143 Å². The van der Waals surface area contributed by atoms with Gasteiger partial charge in [0.1, 0.15) is 23.0 Å². The highest BCUT2D eigenvalue weighted by atomic mass is 16.5. The molecule has 3 aliphatic rings. The van der Waals surface area contributed by atoms with E-state index in [-0.39, 0.29) is 47.2 Å². The van der Waals surface area contributed by atoms with Gasteiger partial charge < -0.3 is 34.6 Å². The third kappa shape index (κ3) is 9.30. The number of aliphatic imine (C=N–C) groups is 4. The van der Waals surface area contributed by atoms with Crippen molar-refractivity contribution < 1.29 is 34.6 Å². The fourth-order valence-corrected chi connectivity index (χ4v) is 9.83. The molecule has 2 saturated carbocycles. The number of nitrogens with zero attached hydrogens (tertiary/aromatic N) is 4. The van der Waals surface area contributed by atoms with Crippen molar-refractivity contribution in [3.8, 4) is 68.2 Å². The lowest BCUT2D eigenvalue weighted by molar-refractivity contribution is 0.373. The molecule has 0 aromatic heterocycles. The molecule has 1 heterocycles. The van der Waals surface area contributed by atoms with Gasteiger partial charge in [-0.1, -0.05) is 100 Å². The second-order valence-electron chi connectivity index (χ2n) is 18.4. The van der Waals surface area contributed by atoms with Crippen LogP contribution in [0.5, 0.6) is 46.0 Å². The van der Waals surface area contributed by atoms with Crippen molar-refractivity contribution in [3.63, 3.8) is 0 Å². The van der Waals surface area contributed by atoms with E-state index in [4.69, 9.17) is 34.2 Å². The molecule has 0 amide bonds. The lowest BCUT2D eigenvalue weighted by Crippen LogP contribution is -2.27. The summed E-state index contributed by atoms with van der Waals surface area (Å²) < 4.78 is 17.6. The average molecular weight is 911 g/mol. The number of benzene rings is 6. The number of phenolic OH excluding ortho intramolecular Hbond substituents is 4. The molecule has 0 spiro atoms. The van der Waals surface area contributed by atoms with Gasteiger partial charge in [0.15, 0.2) is 23.0 Å². The lowest BCUT2D eigenvalue weighted by Gasteiger charge is -2.36. The quantitative estimate of drug-likeness (QED) is 0.0890. The number of rotatable bonds is 12. The number of fused-ring (bicyclic) bond motifs is 2. The van der Waals surface area contributed by atoms with Crippen LogP contribution in [0.25, 0.3) is 22.3 Å². The number of hydrogen-bond acceptors (Lipinski definition) is 11. The van der Waals surface area contributed by atoms with Crippen molar-refractivity contribution in [2.45, 2.75) is 94.8 Å². The van der Waals surface area contributed by atoms with E-state index in [1.165, 1.54) is 14.2 Å². The highest BCUT2D eigenvalue weighted by Crippen LogP contribution is 2.54. The second kappa shape index (κ2) is 19.8. The van der Waals surface area contributed by atoms with E-state index < -0.39 is 5.41 Å². The molecule has 9 rings (SSSR count). The maximum Gasteiger partial charge on any atom is 0.166 e. The van der Waals surface area contributed by atoms with Gasteiger partial charge in [0.25, 0.3) is 0 Å². The molecule has 348 valence electrons. The zero-order chi connectivity index (χ0) is 47.4. The van der Waals surface area contributed by atoms with Crippen LogP contribution in [-0.2, 0) is 5.41 Å². The summed E-state index contributed by atoms with van der Waals surface area (Å²) in [5.41, 5.74) is 7.52. The van der Waals surface area contributed by atoms with E-state index in [0.29, 0.717) is 33.8 Å². The van der Waals surface area contributed by atoms with Crippen LogP contribution in [0, 0.1) is 0 Å². The maximum atomic E-state index is 11.1. The Hall–Kier alpha value is -7.40. The molecule has 4 atom stereocenters. The first-order valence-corrected chi connectivity index (χ1v) is 23.5. The van der Waals surface area contributed by atoms with E-state index in [2.05, 4.69) is 38.1 Å². The van der Waals surface area contributed by atoms with Crippen LogP contribution >= 0.6 is 0 Å². The molecule has 68 heavy (non-hydrogen) atoms. The number of aromatic hydroxyl groups is 4. The number of ether oxygens (including phenoxy) is 3. The normalized spacial score (nSPS) is 20.1. The van der Waals surface area contributed by atoms with E-state index in [1.807, 2.05) is 60.7 Å². The van der Waals surface area contributed by atoms with Crippen LogP contribution in [0.2, 0.25) is 0 Å². The molecule has 0 radical (unpaired) electrons. The van der Waals surface area contributed by atoms with Gasteiger partial charge in [0.2, 0.25) is 0 Å². The van der Waals surface area contributed by atoms with Gasteiger partial charge in [-0.2, -0.15) is 0 Å². The van der Waals surface area contributed by atoms with E-state index in [0.717, 1.165) is 96.2 Å². The third-order valence-electron chi connectivity index (χ3n) is 13.8. The van der Waals surface area contributed by atoms with Crippen LogP contribution in [0.4, 0.5) is 0 Å². The fourth-order valence-electron chi connectivity index (χ4n) is 9.83. The first-order chi connectivity index (χ1) is 33.0. The molecular weight excluding hydrogens is 853 g/mol. The van der Waals surface area contributed by atoms with Crippen molar-refractivity contribution in [2.24, 2.45) is 20.0 Å². The molecular formula is C57H58N4O7. The Balaban J connectivity index is 0.985. The van der Waals surface area contributed by atoms with Crippen LogP contribution in [0.3, 0.4) is 0 Å². The number of methoxy groups -OCH3 is 2. The molecule has 0 bridgehead atoms. The highest BCUT2D eigenvalue weighted by Gasteiger charge is 2.37. The van der Waals surface area contributed by atoms with Crippen LogP contribution < -0.4 is 14.2 Å². The van der Waals surface area contributed by atoms with E-state index in [1.54, 1.807) is 49.1 Å². The highest BCUT2D eigenvalue weighted by molar-refractivity contribution is 5.90. The van der Waals surface area contributed by atoms with Crippen LogP contribution in [-0.4, -0.2) is 83.7 Å². The molecule has 0 saturated heterocycles. The van der Waals surface area contributed by atoms with Gasteiger partial charge in [-0.25, -0.2) is 0 Å². The van der Waals surface area contributed by atoms with E-state index >= 15 is 0 Å². The topological polar surface area (TPSA) is 158 Å². The Kier molecular flexibility index (Phi) is 13.3. The van der Waals surface area contributed by atoms with Gasteiger partial charge in [0, 0.05) is 74.8 Å². The largest absolute Gasteiger partial charge is 0.507 e. The van der Waals surface area contributed by atoms with Gasteiger partial charge in [0.05, 0.1) is 38.4 Å². The van der Waals surface area contributed by atoms with Gasteiger partial charge in [-0.3, -0.25) is 20.0 Å². The summed E-state index contributed by atoms with van der Waals surface area (Å²) in [5, 5.41) is 43.6. The monoisotopic (exact) mass is 910 g/mol. The summed E-state index contributed by atoms with van der Waals surface area (Å²) in [4.78, 5) is 19.8. The summed E-state index contributed by atoms with van der Waals surface area (Å²) in [5.74, 6) is 2.64. The number of hydrogen-bond donors (Lipinski definition) is 4. The van der Waals surface area contributed by atoms with Crippen LogP contribution in [0.1, 0.15) is 98.6 Å². The smallest absolute Gasteiger partial charge is 0.166 e. The lowest BCUT2D eigenvalue weighted by atomic mass is 9.74. The Bertz CT molecular complexity index is 2740. The van der Waals surface area contributed by atoms with Gasteiger partial charge >= 0.3 is 0 Å². The minimum atomic E-state index is -0.437. The molecule has 2 aliphatic carbocycles. The Labute approximate surface area is 397 Å². The van der Waals surface area contributed by atoms with Crippen LogP contribution in [0.15, 0.2) is 129 Å². The third-order valence-corrected chi connectivity index (χ3v) is 13.8. The molecule has 11 nitrogen and oxygen atoms in total. The van der Waals surface area contributed by atoms with Crippen molar-refractivity contribution in [1.82, 2.24) is 0 Å². The fraction of sp³-hybridized carbons (Fsp3) is 0.298. The minimum Gasteiger partial charge on any atom is -0.507 e. The molecule has 6 aromatic rings. The van der Waals surface area contributed by atoms with Crippen molar-refractivity contribution in [2.75, 3.05) is 14.2 Å². The molecule has 2 fully saturated rings. The summed E-state index contributed by atoms with van der Waals surface area (Å²) in [6, 6.07) is 33.9. The zero-order valence-corrected chi connectivity index (χ0v) is 39.0. The predicted octanol–water partition coefficient (Wildman–Crippen LogP) is 12.0.